The monoisotopic (exact) mass is 397 g/mol. The van der Waals surface area contributed by atoms with Gasteiger partial charge in [-0.1, -0.05) is 26.3 Å². The van der Waals surface area contributed by atoms with Crippen LogP contribution in [0.1, 0.15) is 45.6 Å². The Bertz CT molecular complexity index is 769. The first-order valence-corrected chi connectivity index (χ1v) is 9.33. The van der Waals surface area contributed by atoms with Gasteiger partial charge in [-0.3, -0.25) is 0 Å². The molecule has 1 heterocycles. The van der Waals surface area contributed by atoms with Crippen molar-refractivity contribution in [1.82, 2.24) is 9.97 Å². The Hall–Kier alpha value is -2.51. The van der Waals surface area contributed by atoms with Gasteiger partial charge in [0.15, 0.2) is 5.82 Å². The van der Waals surface area contributed by atoms with Crippen molar-refractivity contribution in [2.24, 2.45) is 0 Å². The number of alkyl halides is 3. The summed E-state index contributed by atoms with van der Waals surface area (Å²) in [7, 11) is 1.52. The van der Waals surface area contributed by atoms with E-state index in [0.717, 1.165) is 25.5 Å². The van der Waals surface area contributed by atoms with Crippen molar-refractivity contribution in [2.75, 3.05) is 18.6 Å². The number of halogens is 3. The number of anilines is 2. The van der Waals surface area contributed by atoms with E-state index in [9.17, 15) is 13.2 Å². The van der Waals surface area contributed by atoms with E-state index in [-0.39, 0.29) is 17.9 Å². The van der Waals surface area contributed by atoms with Crippen LogP contribution in [0.25, 0.3) is 0 Å². The van der Waals surface area contributed by atoms with Gasteiger partial charge in [0, 0.05) is 25.0 Å². The van der Waals surface area contributed by atoms with Gasteiger partial charge in [-0.05, 0) is 31.9 Å². The fourth-order valence-corrected chi connectivity index (χ4v) is 2.39. The third-order valence-electron chi connectivity index (χ3n) is 4.22. The SMILES string of the molecule is CCCCOc1ncc(C(F)(F)F)c(N(C)c2cccc(OC(C)CC)c2)n1. The molecule has 5 nitrogen and oxygen atoms in total. The Balaban J connectivity index is 2.37. The van der Waals surface area contributed by atoms with Crippen LogP contribution >= 0.6 is 0 Å². The summed E-state index contributed by atoms with van der Waals surface area (Å²) in [5.41, 5.74) is -0.407. The molecule has 2 aromatic rings. The van der Waals surface area contributed by atoms with Crippen molar-refractivity contribution in [3.8, 4) is 11.8 Å². The van der Waals surface area contributed by atoms with E-state index in [2.05, 4.69) is 9.97 Å². The number of hydrogen-bond donors (Lipinski definition) is 0. The Labute approximate surface area is 163 Å². The number of unbranched alkanes of at least 4 members (excludes halogenated alkanes) is 1. The highest BCUT2D eigenvalue weighted by atomic mass is 19.4. The van der Waals surface area contributed by atoms with Gasteiger partial charge in [-0.15, -0.1) is 0 Å². The molecule has 1 aromatic carbocycles. The average Bonchev–Trinajstić information content (AvgIpc) is 2.66. The molecule has 0 saturated carbocycles. The maximum absolute atomic E-state index is 13.5. The Morgan fingerprint density at radius 2 is 1.96 bits per heavy atom. The predicted molar refractivity (Wildman–Crippen MR) is 102 cm³/mol. The van der Waals surface area contributed by atoms with E-state index in [0.29, 0.717) is 18.0 Å². The summed E-state index contributed by atoms with van der Waals surface area (Å²) < 4.78 is 51.6. The quantitative estimate of drug-likeness (QED) is 0.514. The van der Waals surface area contributed by atoms with Crippen LogP contribution in [0.2, 0.25) is 0 Å². The van der Waals surface area contributed by atoms with Gasteiger partial charge in [0.05, 0.1) is 12.7 Å². The topological polar surface area (TPSA) is 47.5 Å². The standard InChI is InChI=1S/C20H26F3N3O2/c1-5-7-11-27-19-24-13-17(20(21,22)23)18(25-19)26(4)15-9-8-10-16(12-15)28-14(3)6-2/h8-10,12-14H,5-7,11H2,1-4H3. The number of rotatable bonds is 9. The molecule has 0 aliphatic carbocycles. The van der Waals surface area contributed by atoms with E-state index in [4.69, 9.17) is 9.47 Å². The number of aromatic nitrogens is 2. The van der Waals surface area contributed by atoms with Gasteiger partial charge in [-0.25, -0.2) is 4.98 Å². The largest absolute Gasteiger partial charge is 0.491 e. The molecule has 0 radical (unpaired) electrons. The lowest BCUT2D eigenvalue weighted by molar-refractivity contribution is -0.137. The molecule has 154 valence electrons. The lowest BCUT2D eigenvalue weighted by Gasteiger charge is -2.23. The maximum Gasteiger partial charge on any atom is 0.421 e. The van der Waals surface area contributed by atoms with E-state index in [1.54, 1.807) is 24.3 Å². The van der Waals surface area contributed by atoms with Crippen LogP contribution in [-0.4, -0.2) is 29.7 Å². The second kappa shape index (κ2) is 9.61. The summed E-state index contributed by atoms with van der Waals surface area (Å²) in [5.74, 6) is 0.315. The minimum absolute atomic E-state index is 0.00362. The molecule has 1 aromatic heterocycles. The van der Waals surface area contributed by atoms with Crippen molar-refractivity contribution in [3.63, 3.8) is 0 Å². The lowest BCUT2D eigenvalue weighted by atomic mass is 10.2. The highest BCUT2D eigenvalue weighted by molar-refractivity contribution is 5.64. The van der Waals surface area contributed by atoms with E-state index >= 15 is 0 Å². The van der Waals surface area contributed by atoms with E-state index in [1.807, 2.05) is 20.8 Å². The minimum atomic E-state index is -4.59. The molecule has 1 unspecified atom stereocenters. The molecule has 0 bridgehead atoms. The van der Waals surface area contributed by atoms with Gasteiger partial charge >= 0.3 is 12.2 Å². The molecule has 0 saturated heterocycles. The summed E-state index contributed by atoms with van der Waals surface area (Å²) in [6.07, 6.45) is -1.33. The molecule has 0 aliphatic heterocycles. The molecule has 0 amide bonds. The van der Waals surface area contributed by atoms with Crippen LogP contribution < -0.4 is 14.4 Å². The average molecular weight is 397 g/mol. The molecule has 1 atom stereocenters. The molecule has 28 heavy (non-hydrogen) atoms. The van der Waals surface area contributed by atoms with Crippen molar-refractivity contribution in [2.45, 2.75) is 52.3 Å². The molecular weight excluding hydrogens is 371 g/mol. The zero-order valence-corrected chi connectivity index (χ0v) is 16.6. The smallest absolute Gasteiger partial charge is 0.421 e. The summed E-state index contributed by atoms with van der Waals surface area (Å²) in [6.45, 7) is 6.27. The van der Waals surface area contributed by atoms with Gasteiger partial charge in [0.1, 0.15) is 11.3 Å². The zero-order chi connectivity index (χ0) is 20.7. The van der Waals surface area contributed by atoms with Gasteiger partial charge in [0.2, 0.25) is 0 Å². The lowest BCUT2D eigenvalue weighted by Crippen LogP contribution is -2.19. The molecule has 0 N–H and O–H groups in total. The normalized spacial score (nSPS) is 12.5. The number of benzene rings is 1. The van der Waals surface area contributed by atoms with Crippen molar-refractivity contribution >= 4 is 11.5 Å². The molecular formula is C20H26F3N3O2. The minimum Gasteiger partial charge on any atom is -0.491 e. The van der Waals surface area contributed by atoms with Crippen LogP contribution in [0.15, 0.2) is 30.5 Å². The third-order valence-corrected chi connectivity index (χ3v) is 4.22. The molecule has 2 rings (SSSR count). The summed E-state index contributed by atoms with van der Waals surface area (Å²) in [5, 5.41) is 0. The Morgan fingerprint density at radius 1 is 1.21 bits per heavy atom. The van der Waals surface area contributed by atoms with Gasteiger partial charge in [0.25, 0.3) is 0 Å². The fraction of sp³-hybridized carbons (Fsp3) is 0.500. The summed E-state index contributed by atoms with van der Waals surface area (Å²) in [6, 6.07) is 6.81. The molecule has 0 aliphatic rings. The van der Waals surface area contributed by atoms with Crippen molar-refractivity contribution in [1.29, 1.82) is 0 Å². The highest BCUT2D eigenvalue weighted by Gasteiger charge is 2.36. The van der Waals surface area contributed by atoms with Crippen molar-refractivity contribution in [3.05, 3.63) is 36.0 Å². The van der Waals surface area contributed by atoms with Crippen LogP contribution in [0.5, 0.6) is 11.8 Å². The fourth-order valence-electron chi connectivity index (χ4n) is 2.39. The van der Waals surface area contributed by atoms with Crippen molar-refractivity contribution < 1.29 is 22.6 Å². The van der Waals surface area contributed by atoms with Gasteiger partial charge in [-0.2, -0.15) is 18.2 Å². The van der Waals surface area contributed by atoms with Crippen LogP contribution in [0, 0.1) is 0 Å². The molecule has 8 heteroatoms. The first-order chi connectivity index (χ1) is 13.3. The van der Waals surface area contributed by atoms with Gasteiger partial charge < -0.3 is 14.4 Å². The van der Waals surface area contributed by atoms with E-state index < -0.39 is 11.7 Å². The van der Waals surface area contributed by atoms with Crippen LogP contribution in [0.4, 0.5) is 24.7 Å². The molecule has 0 spiro atoms. The summed E-state index contributed by atoms with van der Waals surface area (Å²) in [4.78, 5) is 9.10. The number of hydrogen-bond acceptors (Lipinski definition) is 5. The Morgan fingerprint density at radius 3 is 2.61 bits per heavy atom. The third kappa shape index (κ3) is 5.74. The first-order valence-electron chi connectivity index (χ1n) is 9.33. The predicted octanol–water partition coefficient (Wildman–Crippen LogP) is 5.62. The van der Waals surface area contributed by atoms with Crippen LogP contribution in [0.3, 0.4) is 0 Å². The first kappa shape index (κ1) is 21.8. The second-order valence-electron chi connectivity index (χ2n) is 6.48. The number of ether oxygens (including phenoxy) is 2. The maximum atomic E-state index is 13.5. The number of nitrogens with zero attached hydrogens (tertiary/aromatic N) is 3. The zero-order valence-electron chi connectivity index (χ0n) is 16.6. The van der Waals surface area contributed by atoms with Crippen LogP contribution in [-0.2, 0) is 6.18 Å². The highest BCUT2D eigenvalue weighted by Crippen LogP contribution is 2.38. The summed E-state index contributed by atoms with van der Waals surface area (Å²) >= 11 is 0. The molecule has 0 fully saturated rings. The van der Waals surface area contributed by atoms with E-state index in [1.165, 1.54) is 11.9 Å². The second-order valence-corrected chi connectivity index (χ2v) is 6.48. The Kier molecular flexibility index (Phi) is 7.48.